The SMILES string of the molecule is O=C(NCCCOCCO)c1c[nH]ccc1=O. The molecule has 1 amide bonds. The molecule has 1 aromatic rings. The highest BCUT2D eigenvalue weighted by Gasteiger charge is 2.07. The maximum Gasteiger partial charge on any atom is 0.256 e. The zero-order chi connectivity index (χ0) is 12.5. The number of ether oxygens (including phenoxy) is 1. The van der Waals surface area contributed by atoms with Crippen molar-refractivity contribution >= 4 is 5.91 Å². The van der Waals surface area contributed by atoms with Crippen molar-refractivity contribution in [3.05, 3.63) is 34.2 Å². The zero-order valence-corrected chi connectivity index (χ0v) is 9.44. The number of H-pyrrole nitrogens is 1. The van der Waals surface area contributed by atoms with Crippen LogP contribution in [0, 0.1) is 0 Å². The lowest BCUT2D eigenvalue weighted by Crippen LogP contribution is -2.29. The van der Waals surface area contributed by atoms with Crippen molar-refractivity contribution in [3.63, 3.8) is 0 Å². The maximum absolute atomic E-state index is 11.5. The largest absolute Gasteiger partial charge is 0.394 e. The van der Waals surface area contributed by atoms with Gasteiger partial charge in [0.1, 0.15) is 5.56 Å². The molecule has 3 N–H and O–H groups in total. The van der Waals surface area contributed by atoms with Gasteiger partial charge in [0, 0.05) is 31.6 Å². The summed E-state index contributed by atoms with van der Waals surface area (Å²) in [5.74, 6) is -0.394. The molecule has 0 saturated carbocycles. The van der Waals surface area contributed by atoms with Crippen molar-refractivity contribution in [2.45, 2.75) is 6.42 Å². The van der Waals surface area contributed by atoms with Crippen LogP contribution >= 0.6 is 0 Å². The van der Waals surface area contributed by atoms with Gasteiger partial charge in [-0.05, 0) is 6.42 Å². The minimum absolute atomic E-state index is 0.00818. The second kappa shape index (κ2) is 7.59. The van der Waals surface area contributed by atoms with Crippen molar-refractivity contribution in [2.24, 2.45) is 0 Å². The Hall–Kier alpha value is -1.66. The smallest absolute Gasteiger partial charge is 0.256 e. The summed E-state index contributed by atoms with van der Waals surface area (Å²) in [5.41, 5.74) is -0.207. The second-order valence-electron chi connectivity index (χ2n) is 3.37. The summed E-state index contributed by atoms with van der Waals surface area (Å²) in [6, 6.07) is 1.30. The number of carbonyl (C=O) groups excluding carboxylic acids is 1. The van der Waals surface area contributed by atoms with Crippen molar-refractivity contribution in [2.75, 3.05) is 26.4 Å². The van der Waals surface area contributed by atoms with E-state index in [0.717, 1.165) is 0 Å². The molecule has 0 atom stereocenters. The van der Waals surface area contributed by atoms with Gasteiger partial charge in [0.15, 0.2) is 5.43 Å². The predicted molar refractivity (Wildman–Crippen MR) is 61.9 cm³/mol. The van der Waals surface area contributed by atoms with Crippen LogP contribution in [0.15, 0.2) is 23.3 Å². The molecule has 0 aliphatic heterocycles. The van der Waals surface area contributed by atoms with Gasteiger partial charge in [-0.15, -0.1) is 0 Å². The molecule has 0 unspecified atom stereocenters. The third-order valence-corrected chi connectivity index (χ3v) is 2.06. The fourth-order valence-corrected chi connectivity index (χ4v) is 1.23. The summed E-state index contributed by atoms with van der Waals surface area (Å²) < 4.78 is 5.02. The molecule has 0 aromatic carbocycles. The lowest BCUT2D eigenvalue weighted by molar-refractivity contribution is 0.0867. The number of pyridine rings is 1. The number of aliphatic hydroxyl groups excluding tert-OH is 1. The van der Waals surface area contributed by atoms with Gasteiger partial charge in [0.05, 0.1) is 13.2 Å². The van der Waals surface area contributed by atoms with Crippen molar-refractivity contribution in [1.82, 2.24) is 10.3 Å². The van der Waals surface area contributed by atoms with Gasteiger partial charge in [0.25, 0.3) is 5.91 Å². The maximum atomic E-state index is 11.5. The topological polar surface area (TPSA) is 91.4 Å². The van der Waals surface area contributed by atoms with E-state index >= 15 is 0 Å². The lowest BCUT2D eigenvalue weighted by Gasteiger charge is -2.04. The first-order valence-electron chi connectivity index (χ1n) is 5.39. The summed E-state index contributed by atoms with van der Waals surface area (Å²) in [4.78, 5) is 25.5. The molecular formula is C11H16N2O4. The Kier molecular flexibility index (Phi) is 5.98. The van der Waals surface area contributed by atoms with Crippen molar-refractivity contribution in [3.8, 4) is 0 Å². The molecular weight excluding hydrogens is 224 g/mol. The van der Waals surface area contributed by atoms with Crippen LogP contribution in [-0.4, -0.2) is 42.4 Å². The first-order valence-corrected chi connectivity index (χ1v) is 5.39. The van der Waals surface area contributed by atoms with Crippen LogP contribution in [0.4, 0.5) is 0 Å². The van der Waals surface area contributed by atoms with Gasteiger partial charge in [-0.2, -0.15) is 0 Å². The summed E-state index contributed by atoms with van der Waals surface area (Å²) >= 11 is 0. The van der Waals surface area contributed by atoms with Crippen LogP contribution < -0.4 is 10.7 Å². The number of hydrogen-bond acceptors (Lipinski definition) is 4. The number of rotatable bonds is 7. The predicted octanol–water partition coefficient (Wildman–Crippen LogP) is -0.496. The Balaban J connectivity index is 2.26. The number of aromatic nitrogens is 1. The molecule has 0 radical (unpaired) electrons. The number of hydrogen-bond donors (Lipinski definition) is 3. The van der Waals surface area contributed by atoms with E-state index in [4.69, 9.17) is 9.84 Å². The number of amides is 1. The Labute approximate surface area is 98.6 Å². The summed E-state index contributed by atoms with van der Waals surface area (Å²) in [5, 5.41) is 11.1. The molecule has 1 aromatic heterocycles. The molecule has 0 saturated heterocycles. The normalized spacial score (nSPS) is 10.2. The van der Waals surface area contributed by atoms with Crippen LogP contribution in [0.5, 0.6) is 0 Å². The fraction of sp³-hybridized carbons (Fsp3) is 0.455. The highest BCUT2D eigenvalue weighted by atomic mass is 16.5. The van der Waals surface area contributed by atoms with E-state index in [1.165, 1.54) is 18.5 Å². The summed E-state index contributed by atoms with van der Waals surface area (Å²) in [6.45, 7) is 1.18. The minimum atomic E-state index is -0.394. The van der Waals surface area contributed by atoms with Gasteiger partial charge < -0.3 is 20.1 Å². The average molecular weight is 240 g/mol. The molecule has 0 fully saturated rings. The highest BCUT2D eigenvalue weighted by Crippen LogP contribution is 1.88. The molecule has 0 bridgehead atoms. The molecule has 6 nitrogen and oxygen atoms in total. The first-order chi connectivity index (χ1) is 8.25. The van der Waals surface area contributed by atoms with Gasteiger partial charge in [0.2, 0.25) is 0 Å². The van der Waals surface area contributed by atoms with Gasteiger partial charge >= 0.3 is 0 Å². The molecule has 6 heteroatoms. The molecule has 17 heavy (non-hydrogen) atoms. The monoisotopic (exact) mass is 240 g/mol. The Morgan fingerprint density at radius 3 is 3.00 bits per heavy atom. The van der Waals surface area contributed by atoms with E-state index in [-0.39, 0.29) is 17.6 Å². The fourth-order valence-electron chi connectivity index (χ4n) is 1.23. The van der Waals surface area contributed by atoms with E-state index < -0.39 is 5.91 Å². The average Bonchev–Trinajstić information content (AvgIpc) is 2.34. The quantitative estimate of drug-likeness (QED) is 0.560. The Morgan fingerprint density at radius 1 is 1.47 bits per heavy atom. The Bertz CT molecular complexity index is 402. The minimum Gasteiger partial charge on any atom is -0.394 e. The van der Waals surface area contributed by atoms with Crippen molar-refractivity contribution < 1.29 is 14.6 Å². The van der Waals surface area contributed by atoms with Crippen LogP contribution in [0.3, 0.4) is 0 Å². The Morgan fingerprint density at radius 2 is 2.29 bits per heavy atom. The highest BCUT2D eigenvalue weighted by molar-refractivity contribution is 5.93. The van der Waals surface area contributed by atoms with Crippen LogP contribution in [0.2, 0.25) is 0 Å². The molecule has 1 heterocycles. The third kappa shape index (κ3) is 4.80. The number of nitrogens with one attached hydrogen (secondary N) is 2. The van der Waals surface area contributed by atoms with E-state index in [1.54, 1.807) is 0 Å². The van der Waals surface area contributed by atoms with E-state index in [2.05, 4.69) is 10.3 Å². The summed E-state index contributed by atoms with van der Waals surface area (Å²) in [6.07, 6.45) is 3.48. The summed E-state index contributed by atoms with van der Waals surface area (Å²) in [7, 11) is 0. The van der Waals surface area contributed by atoms with E-state index in [1.807, 2.05) is 0 Å². The first kappa shape index (κ1) is 13.4. The van der Waals surface area contributed by atoms with E-state index in [9.17, 15) is 9.59 Å². The lowest BCUT2D eigenvalue weighted by atomic mass is 10.2. The van der Waals surface area contributed by atoms with Crippen LogP contribution in [0.25, 0.3) is 0 Å². The van der Waals surface area contributed by atoms with Crippen LogP contribution in [-0.2, 0) is 4.74 Å². The third-order valence-electron chi connectivity index (χ3n) is 2.06. The molecule has 94 valence electrons. The number of aromatic amines is 1. The molecule has 0 spiro atoms. The van der Waals surface area contributed by atoms with Gasteiger partial charge in [-0.1, -0.05) is 0 Å². The van der Waals surface area contributed by atoms with Gasteiger partial charge in [-0.3, -0.25) is 9.59 Å². The second-order valence-corrected chi connectivity index (χ2v) is 3.37. The van der Waals surface area contributed by atoms with E-state index in [0.29, 0.717) is 26.2 Å². The van der Waals surface area contributed by atoms with Gasteiger partial charge in [-0.25, -0.2) is 0 Å². The zero-order valence-electron chi connectivity index (χ0n) is 9.44. The molecule has 0 aliphatic carbocycles. The number of aliphatic hydroxyl groups is 1. The standard InChI is InChI=1S/C11H16N2O4/c14-5-7-17-6-1-3-13-11(16)9-8-12-4-2-10(9)15/h2,4,8,14H,1,3,5-7H2,(H,12,15)(H,13,16). The molecule has 1 rings (SSSR count). The van der Waals surface area contributed by atoms with Crippen LogP contribution in [0.1, 0.15) is 16.8 Å². The number of carbonyl (C=O) groups is 1. The molecule has 0 aliphatic rings. The van der Waals surface area contributed by atoms with Crippen molar-refractivity contribution in [1.29, 1.82) is 0 Å².